The Kier molecular flexibility index (Phi) is 7.06. The second-order valence-electron chi connectivity index (χ2n) is 5.48. The van der Waals surface area contributed by atoms with Gasteiger partial charge in [0.15, 0.2) is 0 Å². The van der Waals surface area contributed by atoms with Crippen LogP contribution in [-0.2, 0) is 0 Å². The second-order valence-corrected chi connectivity index (χ2v) is 5.48. The zero-order valence-electron chi connectivity index (χ0n) is 11.5. The molecule has 1 fully saturated rings. The van der Waals surface area contributed by atoms with E-state index >= 15 is 0 Å². The fraction of sp³-hybridized carbons (Fsp3) is 1.00. The standard InChI is InChI=1S/C14H30N2/c1-4-15-9-6-11-16-10-5-7-14(8-12-16)13(2)3/h13-15H,4-12H2,1-3H3. The average Bonchev–Trinajstić information content (AvgIpc) is 2.50. The predicted octanol–water partition coefficient (Wildman–Crippen LogP) is 2.74. The summed E-state index contributed by atoms with van der Waals surface area (Å²) in [6, 6.07) is 0. The molecular weight excluding hydrogens is 196 g/mol. The van der Waals surface area contributed by atoms with Crippen molar-refractivity contribution in [2.24, 2.45) is 11.8 Å². The van der Waals surface area contributed by atoms with Crippen LogP contribution in [0.5, 0.6) is 0 Å². The van der Waals surface area contributed by atoms with E-state index in [4.69, 9.17) is 0 Å². The number of hydrogen-bond donors (Lipinski definition) is 1. The lowest BCUT2D eigenvalue weighted by atomic mass is 9.89. The molecule has 0 aromatic heterocycles. The summed E-state index contributed by atoms with van der Waals surface area (Å²) in [7, 11) is 0. The van der Waals surface area contributed by atoms with Crippen molar-refractivity contribution >= 4 is 0 Å². The molecule has 0 spiro atoms. The summed E-state index contributed by atoms with van der Waals surface area (Å²) >= 11 is 0. The van der Waals surface area contributed by atoms with E-state index in [9.17, 15) is 0 Å². The summed E-state index contributed by atoms with van der Waals surface area (Å²) in [5.74, 6) is 1.85. The maximum absolute atomic E-state index is 3.40. The SMILES string of the molecule is CCNCCCN1CCCC(C(C)C)CC1. The molecule has 1 N–H and O–H groups in total. The number of likely N-dealkylation sites (tertiary alicyclic amines) is 1. The molecule has 0 aliphatic carbocycles. The normalized spacial score (nSPS) is 23.6. The quantitative estimate of drug-likeness (QED) is 0.701. The summed E-state index contributed by atoms with van der Waals surface area (Å²) in [5, 5.41) is 3.40. The van der Waals surface area contributed by atoms with E-state index in [1.165, 1.54) is 51.9 Å². The van der Waals surface area contributed by atoms with Crippen molar-refractivity contribution in [1.82, 2.24) is 10.2 Å². The molecule has 0 aromatic carbocycles. The van der Waals surface area contributed by atoms with Gasteiger partial charge in [-0.3, -0.25) is 0 Å². The molecule has 1 aliphatic rings. The lowest BCUT2D eigenvalue weighted by Crippen LogP contribution is -2.28. The van der Waals surface area contributed by atoms with Crippen LogP contribution in [0, 0.1) is 11.8 Å². The molecule has 1 aliphatic heterocycles. The van der Waals surface area contributed by atoms with Crippen LogP contribution in [0.4, 0.5) is 0 Å². The van der Waals surface area contributed by atoms with Gasteiger partial charge in [-0.05, 0) is 70.2 Å². The Hall–Kier alpha value is -0.0800. The maximum Gasteiger partial charge on any atom is -0.000664 e. The fourth-order valence-electron chi connectivity index (χ4n) is 2.68. The van der Waals surface area contributed by atoms with E-state index in [2.05, 4.69) is 31.0 Å². The molecule has 0 aromatic rings. The van der Waals surface area contributed by atoms with Gasteiger partial charge >= 0.3 is 0 Å². The predicted molar refractivity (Wildman–Crippen MR) is 71.8 cm³/mol. The first-order valence-electron chi connectivity index (χ1n) is 7.17. The topological polar surface area (TPSA) is 15.3 Å². The number of hydrogen-bond acceptors (Lipinski definition) is 2. The van der Waals surface area contributed by atoms with Gasteiger partial charge in [0.05, 0.1) is 0 Å². The van der Waals surface area contributed by atoms with Crippen LogP contribution in [0.25, 0.3) is 0 Å². The van der Waals surface area contributed by atoms with Gasteiger partial charge < -0.3 is 10.2 Å². The first kappa shape index (κ1) is 14.0. The number of rotatable bonds is 6. The van der Waals surface area contributed by atoms with E-state index in [0.717, 1.165) is 18.4 Å². The molecule has 1 saturated heterocycles. The average molecular weight is 226 g/mol. The van der Waals surface area contributed by atoms with E-state index in [1.54, 1.807) is 0 Å². The van der Waals surface area contributed by atoms with Crippen molar-refractivity contribution in [2.75, 3.05) is 32.7 Å². The van der Waals surface area contributed by atoms with Crippen LogP contribution in [-0.4, -0.2) is 37.6 Å². The van der Waals surface area contributed by atoms with Gasteiger partial charge in [-0.25, -0.2) is 0 Å². The molecular formula is C14H30N2. The van der Waals surface area contributed by atoms with Crippen molar-refractivity contribution in [3.8, 4) is 0 Å². The zero-order chi connectivity index (χ0) is 11.8. The maximum atomic E-state index is 3.40. The Balaban J connectivity index is 2.15. The molecule has 1 heterocycles. The number of nitrogens with one attached hydrogen (secondary N) is 1. The summed E-state index contributed by atoms with van der Waals surface area (Å²) in [6.07, 6.45) is 5.57. The van der Waals surface area contributed by atoms with Crippen molar-refractivity contribution in [3.63, 3.8) is 0 Å². The first-order valence-corrected chi connectivity index (χ1v) is 7.17. The van der Waals surface area contributed by atoms with Gasteiger partial charge in [-0.1, -0.05) is 20.8 Å². The Morgan fingerprint density at radius 1 is 1.25 bits per heavy atom. The van der Waals surface area contributed by atoms with Gasteiger partial charge in [0.2, 0.25) is 0 Å². The molecule has 2 nitrogen and oxygen atoms in total. The Morgan fingerprint density at radius 3 is 2.75 bits per heavy atom. The molecule has 1 rings (SSSR count). The third kappa shape index (κ3) is 5.31. The van der Waals surface area contributed by atoms with Gasteiger partial charge in [0.25, 0.3) is 0 Å². The highest BCUT2D eigenvalue weighted by molar-refractivity contribution is 4.72. The van der Waals surface area contributed by atoms with Crippen molar-refractivity contribution in [3.05, 3.63) is 0 Å². The second kappa shape index (κ2) is 8.08. The summed E-state index contributed by atoms with van der Waals surface area (Å²) < 4.78 is 0. The highest BCUT2D eigenvalue weighted by Crippen LogP contribution is 2.24. The van der Waals surface area contributed by atoms with Gasteiger partial charge in [0, 0.05) is 0 Å². The minimum Gasteiger partial charge on any atom is -0.317 e. The highest BCUT2D eigenvalue weighted by atomic mass is 15.1. The van der Waals surface area contributed by atoms with Gasteiger partial charge in [-0.2, -0.15) is 0 Å². The molecule has 0 bridgehead atoms. The molecule has 0 saturated carbocycles. The van der Waals surface area contributed by atoms with Gasteiger partial charge in [0.1, 0.15) is 0 Å². The number of nitrogens with zero attached hydrogens (tertiary/aromatic N) is 1. The highest BCUT2D eigenvalue weighted by Gasteiger charge is 2.18. The lowest BCUT2D eigenvalue weighted by molar-refractivity contribution is 0.268. The largest absolute Gasteiger partial charge is 0.317 e. The first-order chi connectivity index (χ1) is 7.74. The lowest BCUT2D eigenvalue weighted by Gasteiger charge is -2.21. The fourth-order valence-corrected chi connectivity index (χ4v) is 2.68. The minimum atomic E-state index is 0.877. The van der Waals surface area contributed by atoms with Crippen LogP contribution in [0.1, 0.15) is 46.5 Å². The van der Waals surface area contributed by atoms with Crippen LogP contribution in [0.2, 0.25) is 0 Å². The minimum absolute atomic E-state index is 0.877. The molecule has 0 amide bonds. The Labute approximate surface area is 102 Å². The summed E-state index contributed by atoms with van der Waals surface area (Å²) in [6.45, 7) is 13.2. The van der Waals surface area contributed by atoms with Crippen LogP contribution < -0.4 is 5.32 Å². The van der Waals surface area contributed by atoms with Crippen LogP contribution in [0.3, 0.4) is 0 Å². The van der Waals surface area contributed by atoms with E-state index in [0.29, 0.717) is 0 Å². The van der Waals surface area contributed by atoms with E-state index < -0.39 is 0 Å². The Morgan fingerprint density at radius 2 is 2.06 bits per heavy atom. The molecule has 1 atom stereocenters. The smallest absolute Gasteiger partial charge is 0.000664 e. The van der Waals surface area contributed by atoms with Crippen molar-refractivity contribution in [1.29, 1.82) is 0 Å². The van der Waals surface area contributed by atoms with Crippen molar-refractivity contribution < 1.29 is 0 Å². The van der Waals surface area contributed by atoms with Crippen molar-refractivity contribution in [2.45, 2.75) is 46.5 Å². The molecule has 1 unspecified atom stereocenters. The summed E-state index contributed by atoms with van der Waals surface area (Å²) in [4.78, 5) is 2.67. The van der Waals surface area contributed by atoms with Crippen LogP contribution in [0.15, 0.2) is 0 Å². The van der Waals surface area contributed by atoms with Crippen LogP contribution >= 0.6 is 0 Å². The zero-order valence-corrected chi connectivity index (χ0v) is 11.5. The third-order valence-electron chi connectivity index (χ3n) is 3.89. The molecule has 96 valence electrons. The molecule has 0 radical (unpaired) electrons. The monoisotopic (exact) mass is 226 g/mol. The van der Waals surface area contributed by atoms with E-state index in [1.807, 2.05) is 0 Å². The molecule has 2 heteroatoms. The third-order valence-corrected chi connectivity index (χ3v) is 3.89. The Bertz CT molecular complexity index is 168. The summed E-state index contributed by atoms with van der Waals surface area (Å²) in [5.41, 5.74) is 0. The van der Waals surface area contributed by atoms with Gasteiger partial charge in [-0.15, -0.1) is 0 Å². The molecule has 16 heavy (non-hydrogen) atoms. The van der Waals surface area contributed by atoms with E-state index in [-0.39, 0.29) is 0 Å².